The van der Waals surface area contributed by atoms with Crippen LogP contribution in [0.2, 0.25) is 5.02 Å². The molecule has 18 heavy (non-hydrogen) atoms. The number of anilines is 1. The molecule has 0 saturated carbocycles. The fourth-order valence-corrected chi connectivity index (χ4v) is 2.39. The van der Waals surface area contributed by atoms with Gasteiger partial charge in [0.15, 0.2) is 0 Å². The van der Waals surface area contributed by atoms with Gasteiger partial charge in [-0.25, -0.2) is 4.79 Å². The van der Waals surface area contributed by atoms with Gasteiger partial charge in [-0.3, -0.25) is 0 Å². The first-order valence-corrected chi connectivity index (χ1v) is 6.51. The highest BCUT2D eigenvalue weighted by atomic mass is 35.5. The second-order valence-electron chi connectivity index (χ2n) is 4.70. The Kier molecular flexibility index (Phi) is 3.97. The van der Waals surface area contributed by atoms with E-state index in [0.29, 0.717) is 19.1 Å². The zero-order valence-corrected chi connectivity index (χ0v) is 11.2. The second-order valence-corrected chi connectivity index (χ2v) is 5.14. The lowest BCUT2D eigenvalue weighted by atomic mass is 10.0. The van der Waals surface area contributed by atoms with Crippen LogP contribution in [0.1, 0.15) is 18.4 Å². The van der Waals surface area contributed by atoms with Crippen molar-refractivity contribution in [1.29, 1.82) is 0 Å². The van der Waals surface area contributed by atoms with E-state index in [1.165, 1.54) is 5.56 Å². The van der Waals surface area contributed by atoms with Gasteiger partial charge in [0.1, 0.15) is 0 Å². The first kappa shape index (κ1) is 13.0. The molecule has 5 heteroatoms. The molecule has 0 bridgehead atoms. The Morgan fingerprint density at radius 1 is 1.44 bits per heavy atom. The van der Waals surface area contributed by atoms with Gasteiger partial charge < -0.3 is 16.0 Å². The molecule has 0 radical (unpaired) electrons. The van der Waals surface area contributed by atoms with Crippen molar-refractivity contribution in [3.8, 4) is 0 Å². The average molecular weight is 268 g/mol. The molecule has 3 N–H and O–H groups in total. The molecule has 1 saturated heterocycles. The van der Waals surface area contributed by atoms with Gasteiger partial charge in [0.05, 0.1) is 0 Å². The van der Waals surface area contributed by atoms with Crippen molar-refractivity contribution in [1.82, 2.24) is 4.90 Å². The van der Waals surface area contributed by atoms with Crippen LogP contribution >= 0.6 is 11.6 Å². The van der Waals surface area contributed by atoms with Crippen molar-refractivity contribution in [3.63, 3.8) is 0 Å². The van der Waals surface area contributed by atoms with E-state index in [4.69, 9.17) is 17.3 Å². The number of nitrogens with two attached hydrogens (primary N) is 1. The second kappa shape index (κ2) is 5.48. The molecule has 1 aromatic rings. The molecule has 0 spiro atoms. The number of amides is 2. The maximum Gasteiger partial charge on any atom is 0.314 e. The van der Waals surface area contributed by atoms with Gasteiger partial charge in [0.25, 0.3) is 0 Å². The van der Waals surface area contributed by atoms with Crippen molar-refractivity contribution in [2.75, 3.05) is 18.4 Å². The summed E-state index contributed by atoms with van der Waals surface area (Å²) in [4.78, 5) is 12.7. The fourth-order valence-electron chi connectivity index (χ4n) is 2.21. The predicted octanol–water partition coefficient (Wildman–Crippen LogP) is 2.60. The Balaban J connectivity index is 1.95. The molecule has 1 aliphatic rings. The van der Waals surface area contributed by atoms with Crippen LogP contribution in [0.4, 0.5) is 10.5 Å². The molecule has 4 nitrogen and oxygen atoms in total. The summed E-state index contributed by atoms with van der Waals surface area (Å²) in [6, 6.07) is 5.88. The van der Waals surface area contributed by atoms with E-state index in [0.717, 1.165) is 23.6 Å². The number of piperidine rings is 1. The molecule has 0 atom stereocenters. The summed E-state index contributed by atoms with van der Waals surface area (Å²) >= 11 is 5.99. The van der Waals surface area contributed by atoms with E-state index in [-0.39, 0.29) is 6.03 Å². The highest BCUT2D eigenvalue weighted by Crippen LogP contribution is 2.23. The number of nitrogens with one attached hydrogen (secondary N) is 1. The van der Waals surface area contributed by atoms with E-state index in [1.807, 2.05) is 18.2 Å². The van der Waals surface area contributed by atoms with E-state index >= 15 is 0 Å². The lowest BCUT2D eigenvalue weighted by Crippen LogP contribution is -2.44. The largest absolute Gasteiger partial charge is 0.382 e. The molecule has 0 unspecified atom stereocenters. The number of halogens is 1. The Labute approximate surface area is 112 Å². The lowest BCUT2D eigenvalue weighted by Gasteiger charge is -2.32. The van der Waals surface area contributed by atoms with Crippen LogP contribution in [0.25, 0.3) is 0 Å². The highest BCUT2D eigenvalue weighted by Gasteiger charge is 2.21. The van der Waals surface area contributed by atoms with Crippen molar-refractivity contribution in [2.45, 2.75) is 25.8 Å². The summed E-state index contributed by atoms with van der Waals surface area (Å²) in [6.45, 7) is 3.48. The van der Waals surface area contributed by atoms with Crippen molar-refractivity contribution in [2.24, 2.45) is 5.73 Å². The van der Waals surface area contributed by atoms with Crippen molar-refractivity contribution >= 4 is 23.3 Å². The van der Waals surface area contributed by atoms with Gasteiger partial charge in [0.2, 0.25) is 0 Å². The van der Waals surface area contributed by atoms with Crippen LogP contribution in [0, 0.1) is 6.92 Å². The van der Waals surface area contributed by atoms with E-state index < -0.39 is 0 Å². The molecule has 2 amide bonds. The summed E-state index contributed by atoms with van der Waals surface area (Å²) in [5.74, 6) is 0. The van der Waals surface area contributed by atoms with Crippen LogP contribution in [-0.4, -0.2) is 30.1 Å². The number of nitrogens with zero attached hydrogens (tertiary/aromatic N) is 1. The molecular formula is C13H18ClN3O. The van der Waals surface area contributed by atoms with Gasteiger partial charge in [-0.05, 0) is 37.5 Å². The number of primary amides is 1. The number of hydrogen-bond donors (Lipinski definition) is 2. The number of benzene rings is 1. The number of carbonyl (C=O) groups is 1. The van der Waals surface area contributed by atoms with E-state index in [2.05, 4.69) is 12.2 Å². The van der Waals surface area contributed by atoms with Crippen molar-refractivity contribution in [3.05, 3.63) is 28.8 Å². The quantitative estimate of drug-likeness (QED) is 0.865. The van der Waals surface area contributed by atoms with E-state index in [1.54, 1.807) is 4.90 Å². The Hall–Kier alpha value is -1.42. The molecule has 1 aromatic carbocycles. The number of rotatable bonds is 2. The van der Waals surface area contributed by atoms with Crippen molar-refractivity contribution < 1.29 is 4.79 Å². The van der Waals surface area contributed by atoms with Crippen LogP contribution in [0.5, 0.6) is 0 Å². The van der Waals surface area contributed by atoms with Gasteiger partial charge in [0, 0.05) is 29.8 Å². The summed E-state index contributed by atoms with van der Waals surface area (Å²) in [5, 5.41) is 4.22. The fraction of sp³-hybridized carbons (Fsp3) is 0.462. The van der Waals surface area contributed by atoms with E-state index in [9.17, 15) is 4.79 Å². The minimum absolute atomic E-state index is 0.326. The number of aryl methyl sites for hydroxylation is 1. The highest BCUT2D eigenvalue weighted by molar-refractivity contribution is 6.30. The Morgan fingerprint density at radius 2 is 2.11 bits per heavy atom. The lowest BCUT2D eigenvalue weighted by molar-refractivity contribution is 0.193. The first-order valence-electron chi connectivity index (χ1n) is 6.13. The maximum atomic E-state index is 11.0. The SMILES string of the molecule is Cc1ccc(Cl)cc1NC1CCN(C(N)=O)CC1. The molecule has 1 fully saturated rings. The number of urea groups is 1. The van der Waals surface area contributed by atoms with Gasteiger partial charge >= 0.3 is 6.03 Å². The van der Waals surface area contributed by atoms with Crippen LogP contribution < -0.4 is 11.1 Å². The number of hydrogen-bond acceptors (Lipinski definition) is 2. The smallest absolute Gasteiger partial charge is 0.314 e. The van der Waals surface area contributed by atoms with Crippen LogP contribution in [-0.2, 0) is 0 Å². The molecule has 0 aromatic heterocycles. The van der Waals surface area contributed by atoms with Crippen LogP contribution in [0.3, 0.4) is 0 Å². The van der Waals surface area contributed by atoms with Gasteiger partial charge in [-0.2, -0.15) is 0 Å². The number of carbonyl (C=O) groups excluding carboxylic acids is 1. The summed E-state index contributed by atoms with van der Waals surface area (Å²) < 4.78 is 0. The third-order valence-corrected chi connectivity index (χ3v) is 3.60. The van der Waals surface area contributed by atoms with Gasteiger partial charge in [-0.1, -0.05) is 17.7 Å². The van der Waals surface area contributed by atoms with Gasteiger partial charge in [-0.15, -0.1) is 0 Å². The third-order valence-electron chi connectivity index (χ3n) is 3.37. The van der Waals surface area contributed by atoms with Crippen LogP contribution in [0.15, 0.2) is 18.2 Å². The standard InChI is InChI=1S/C13H18ClN3O/c1-9-2-3-10(14)8-12(9)16-11-4-6-17(7-5-11)13(15)18/h2-3,8,11,16H,4-7H2,1H3,(H2,15,18). The Bertz CT molecular complexity index is 442. The summed E-state index contributed by atoms with van der Waals surface area (Å²) in [6.07, 6.45) is 1.82. The maximum absolute atomic E-state index is 11.0. The molecule has 98 valence electrons. The monoisotopic (exact) mass is 267 g/mol. The zero-order valence-electron chi connectivity index (χ0n) is 10.4. The molecule has 0 aliphatic carbocycles. The third kappa shape index (κ3) is 3.07. The molecule has 2 rings (SSSR count). The topological polar surface area (TPSA) is 58.4 Å². The average Bonchev–Trinajstić information content (AvgIpc) is 2.34. The number of likely N-dealkylation sites (tertiary alicyclic amines) is 1. The predicted molar refractivity (Wildman–Crippen MR) is 74.0 cm³/mol. The molecular weight excluding hydrogens is 250 g/mol. The minimum atomic E-state index is -0.326. The zero-order chi connectivity index (χ0) is 13.1. The molecule has 1 aliphatic heterocycles. The summed E-state index contributed by atoms with van der Waals surface area (Å²) in [5.41, 5.74) is 7.51. The normalized spacial score (nSPS) is 16.7. The summed E-state index contributed by atoms with van der Waals surface area (Å²) in [7, 11) is 0. The Morgan fingerprint density at radius 3 is 2.72 bits per heavy atom. The minimum Gasteiger partial charge on any atom is -0.382 e. The molecule has 1 heterocycles. The first-order chi connectivity index (χ1) is 8.56.